The Morgan fingerprint density at radius 2 is 1.94 bits per heavy atom. The number of aromatic nitrogens is 2. The van der Waals surface area contributed by atoms with Crippen LogP contribution >= 0.6 is 0 Å². The average Bonchev–Trinajstić information content (AvgIpc) is 2.39. The largest absolute Gasteiger partial charge is 0.481 e. The lowest BCUT2D eigenvalue weighted by molar-refractivity contribution is 0.208. The highest BCUT2D eigenvalue weighted by atomic mass is 16.5. The van der Waals surface area contributed by atoms with Crippen molar-refractivity contribution in [1.82, 2.24) is 9.97 Å². The second kappa shape index (κ2) is 4.72. The molecule has 0 aliphatic carbocycles. The van der Waals surface area contributed by atoms with Crippen molar-refractivity contribution < 1.29 is 9.84 Å². The number of hydrogen-bond acceptors (Lipinski definition) is 4. The van der Waals surface area contributed by atoms with Crippen LogP contribution in [0.1, 0.15) is 17.5 Å². The minimum absolute atomic E-state index is 0.338. The van der Waals surface area contributed by atoms with Crippen molar-refractivity contribution in [2.75, 3.05) is 7.11 Å². The molecule has 1 aromatic heterocycles. The maximum absolute atomic E-state index is 10.0. The molecule has 4 nitrogen and oxygen atoms in total. The van der Waals surface area contributed by atoms with Gasteiger partial charge in [0.2, 0.25) is 5.88 Å². The van der Waals surface area contributed by atoms with Crippen molar-refractivity contribution in [3.63, 3.8) is 0 Å². The Bertz CT molecular complexity index is 460. The zero-order valence-corrected chi connectivity index (χ0v) is 8.87. The highest BCUT2D eigenvalue weighted by molar-refractivity contribution is 5.23. The minimum Gasteiger partial charge on any atom is -0.481 e. The number of ether oxygens (including phenoxy) is 1. The van der Waals surface area contributed by atoms with Gasteiger partial charge in [0.15, 0.2) is 5.82 Å². The summed E-state index contributed by atoms with van der Waals surface area (Å²) in [6.07, 6.45) is 0.740. The van der Waals surface area contributed by atoms with Gasteiger partial charge in [-0.3, -0.25) is 0 Å². The van der Waals surface area contributed by atoms with E-state index in [1.165, 1.54) is 7.11 Å². The molecule has 0 spiro atoms. The quantitative estimate of drug-likeness (QED) is 0.846. The van der Waals surface area contributed by atoms with Crippen LogP contribution in [0.2, 0.25) is 0 Å². The van der Waals surface area contributed by atoms with Gasteiger partial charge in [-0.05, 0) is 5.56 Å². The van der Waals surface area contributed by atoms with Crippen LogP contribution < -0.4 is 4.74 Å². The highest BCUT2D eigenvalue weighted by Crippen LogP contribution is 2.19. The summed E-state index contributed by atoms with van der Waals surface area (Å²) in [6, 6.07) is 10.9. The third-order valence-corrected chi connectivity index (χ3v) is 2.22. The van der Waals surface area contributed by atoms with E-state index in [9.17, 15) is 5.11 Å². The van der Waals surface area contributed by atoms with Crippen molar-refractivity contribution >= 4 is 0 Å². The summed E-state index contributed by atoms with van der Waals surface area (Å²) >= 11 is 0. The Kier molecular flexibility index (Phi) is 3.12. The summed E-state index contributed by atoms with van der Waals surface area (Å²) in [6.45, 7) is 0. The van der Waals surface area contributed by atoms with Gasteiger partial charge in [-0.15, -0.1) is 0 Å². The van der Waals surface area contributed by atoms with Crippen LogP contribution in [0.25, 0.3) is 0 Å². The Balaban J connectivity index is 2.30. The van der Waals surface area contributed by atoms with Crippen LogP contribution in [0, 0.1) is 0 Å². The number of rotatable bonds is 3. The van der Waals surface area contributed by atoms with E-state index in [0.29, 0.717) is 11.7 Å². The van der Waals surface area contributed by atoms with Crippen molar-refractivity contribution in [3.8, 4) is 5.88 Å². The summed E-state index contributed by atoms with van der Waals surface area (Å²) < 4.78 is 4.98. The van der Waals surface area contributed by atoms with E-state index in [2.05, 4.69) is 9.97 Å². The molecule has 0 aliphatic rings. The van der Waals surface area contributed by atoms with E-state index in [1.54, 1.807) is 12.3 Å². The van der Waals surface area contributed by atoms with Gasteiger partial charge in [-0.1, -0.05) is 30.3 Å². The van der Waals surface area contributed by atoms with E-state index in [1.807, 2.05) is 30.3 Å². The summed E-state index contributed by atoms with van der Waals surface area (Å²) in [5, 5.41) is 10.0. The molecule has 1 N–H and O–H groups in total. The van der Waals surface area contributed by atoms with Crippen LogP contribution in [0.3, 0.4) is 0 Å². The Morgan fingerprint density at radius 1 is 1.19 bits per heavy atom. The van der Waals surface area contributed by atoms with Gasteiger partial charge in [-0.25, -0.2) is 4.98 Å². The molecular formula is C12H12N2O2. The number of hydrogen-bond donors (Lipinski definition) is 1. The summed E-state index contributed by atoms with van der Waals surface area (Å²) in [4.78, 5) is 8.11. The summed E-state index contributed by atoms with van der Waals surface area (Å²) in [5.74, 6) is 0.783. The molecule has 0 saturated carbocycles. The molecule has 2 rings (SSSR count). The smallest absolute Gasteiger partial charge is 0.216 e. The van der Waals surface area contributed by atoms with Gasteiger partial charge in [0.05, 0.1) is 7.11 Å². The van der Waals surface area contributed by atoms with Crippen LogP contribution in [0.4, 0.5) is 0 Å². The highest BCUT2D eigenvalue weighted by Gasteiger charge is 2.13. The molecule has 1 aromatic carbocycles. The molecule has 0 amide bonds. The fraction of sp³-hybridized carbons (Fsp3) is 0.167. The Labute approximate surface area is 93.6 Å². The Morgan fingerprint density at radius 3 is 2.62 bits per heavy atom. The minimum atomic E-state index is -0.823. The molecule has 16 heavy (non-hydrogen) atoms. The van der Waals surface area contributed by atoms with Gasteiger partial charge in [0.25, 0.3) is 0 Å². The van der Waals surface area contributed by atoms with Crippen LogP contribution in [-0.4, -0.2) is 22.2 Å². The molecule has 0 radical (unpaired) electrons. The lowest BCUT2D eigenvalue weighted by Gasteiger charge is -2.09. The van der Waals surface area contributed by atoms with Crippen LogP contribution in [-0.2, 0) is 0 Å². The van der Waals surface area contributed by atoms with E-state index >= 15 is 0 Å². The first-order valence-corrected chi connectivity index (χ1v) is 4.91. The first-order chi connectivity index (χ1) is 7.81. The van der Waals surface area contributed by atoms with Gasteiger partial charge < -0.3 is 9.84 Å². The number of aliphatic hydroxyl groups excluding tert-OH is 1. The molecule has 1 unspecified atom stereocenters. The van der Waals surface area contributed by atoms with E-state index in [0.717, 1.165) is 5.56 Å². The van der Waals surface area contributed by atoms with Gasteiger partial charge in [0.1, 0.15) is 6.10 Å². The van der Waals surface area contributed by atoms with Gasteiger partial charge >= 0.3 is 0 Å². The van der Waals surface area contributed by atoms with E-state index in [4.69, 9.17) is 4.74 Å². The number of methoxy groups -OCH3 is 1. The molecule has 1 heterocycles. The van der Waals surface area contributed by atoms with Crippen molar-refractivity contribution in [2.45, 2.75) is 6.10 Å². The molecule has 0 bridgehead atoms. The zero-order chi connectivity index (χ0) is 11.4. The van der Waals surface area contributed by atoms with Crippen molar-refractivity contribution in [2.24, 2.45) is 0 Å². The number of nitrogens with zero attached hydrogens (tertiary/aromatic N) is 2. The lowest BCUT2D eigenvalue weighted by atomic mass is 10.1. The molecule has 1 atom stereocenters. The summed E-state index contributed by atoms with van der Waals surface area (Å²) in [5.41, 5.74) is 0.760. The molecule has 0 aliphatic heterocycles. The summed E-state index contributed by atoms with van der Waals surface area (Å²) in [7, 11) is 1.53. The van der Waals surface area contributed by atoms with Gasteiger partial charge in [-0.2, -0.15) is 4.98 Å². The Hall–Kier alpha value is -1.94. The normalized spacial score (nSPS) is 12.1. The van der Waals surface area contributed by atoms with Crippen LogP contribution in [0.5, 0.6) is 5.88 Å². The molecular weight excluding hydrogens is 204 g/mol. The molecule has 0 saturated heterocycles. The van der Waals surface area contributed by atoms with Gasteiger partial charge in [0, 0.05) is 12.3 Å². The average molecular weight is 216 g/mol. The van der Waals surface area contributed by atoms with Crippen molar-refractivity contribution in [1.29, 1.82) is 0 Å². The fourth-order valence-electron chi connectivity index (χ4n) is 1.39. The predicted molar refractivity (Wildman–Crippen MR) is 59.1 cm³/mol. The third kappa shape index (κ3) is 2.17. The first kappa shape index (κ1) is 10.6. The predicted octanol–water partition coefficient (Wildman–Crippen LogP) is 1.57. The first-order valence-electron chi connectivity index (χ1n) is 4.91. The molecule has 82 valence electrons. The number of benzene rings is 1. The van der Waals surface area contributed by atoms with Crippen molar-refractivity contribution in [3.05, 3.63) is 54.0 Å². The van der Waals surface area contributed by atoms with E-state index < -0.39 is 6.10 Å². The lowest BCUT2D eigenvalue weighted by Crippen LogP contribution is -2.05. The molecule has 4 heteroatoms. The fourth-order valence-corrected chi connectivity index (χ4v) is 1.39. The second-order valence-electron chi connectivity index (χ2n) is 3.27. The zero-order valence-electron chi connectivity index (χ0n) is 8.87. The molecule has 0 fully saturated rings. The topological polar surface area (TPSA) is 55.2 Å². The maximum Gasteiger partial charge on any atom is 0.216 e. The maximum atomic E-state index is 10.0. The SMILES string of the molecule is COc1ccnc(C(O)c2ccccc2)n1. The number of aliphatic hydroxyl groups is 1. The second-order valence-corrected chi connectivity index (χ2v) is 3.27. The van der Waals surface area contributed by atoms with E-state index in [-0.39, 0.29) is 0 Å². The third-order valence-electron chi connectivity index (χ3n) is 2.22. The molecule has 2 aromatic rings. The monoisotopic (exact) mass is 216 g/mol. The standard InChI is InChI=1S/C12H12N2O2/c1-16-10-7-8-13-12(14-10)11(15)9-5-3-2-4-6-9/h2-8,11,15H,1H3. The van der Waals surface area contributed by atoms with Crippen LogP contribution in [0.15, 0.2) is 42.6 Å².